The number of nitro benzene ring substituents is 1. The van der Waals surface area contributed by atoms with Crippen molar-refractivity contribution < 1.29 is 19.3 Å². The van der Waals surface area contributed by atoms with Gasteiger partial charge in [0.1, 0.15) is 0 Å². The van der Waals surface area contributed by atoms with Crippen LogP contribution in [0.4, 0.5) is 16.2 Å². The fraction of sp³-hybridized carbons (Fsp3) is 0.348. The molecule has 9 heteroatoms. The van der Waals surface area contributed by atoms with Gasteiger partial charge < -0.3 is 4.90 Å². The molecule has 0 bridgehead atoms. The Morgan fingerprint density at radius 2 is 1.91 bits per heavy atom. The molecule has 0 radical (unpaired) electrons. The largest absolute Gasteiger partial charge is 0.367 e. The van der Waals surface area contributed by atoms with Gasteiger partial charge in [0.25, 0.3) is 5.69 Å². The average molecular weight is 434 g/mol. The number of hydrogen-bond donors (Lipinski definition) is 1. The summed E-state index contributed by atoms with van der Waals surface area (Å²) in [6, 6.07) is 13.0. The van der Waals surface area contributed by atoms with Crippen LogP contribution in [0.5, 0.6) is 0 Å². The van der Waals surface area contributed by atoms with E-state index >= 15 is 0 Å². The molecule has 164 valence electrons. The Kier molecular flexibility index (Phi) is 4.69. The van der Waals surface area contributed by atoms with E-state index in [0.717, 1.165) is 22.6 Å². The smallest absolute Gasteiger partial charge is 0.330 e. The van der Waals surface area contributed by atoms with Crippen molar-refractivity contribution in [3.8, 4) is 0 Å². The zero-order chi connectivity index (χ0) is 22.5. The highest BCUT2D eigenvalue weighted by atomic mass is 16.6. The number of anilines is 1. The highest BCUT2D eigenvalue weighted by molar-refractivity contribution is 6.20. The molecule has 5 rings (SSSR count). The van der Waals surface area contributed by atoms with Crippen LogP contribution in [-0.2, 0) is 22.4 Å². The van der Waals surface area contributed by atoms with Crippen LogP contribution >= 0.6 is 0 Å². The zero-order valence-electron chi connectivity index (χ0n) is 17.3. The number of benzene rings is 2. The van der Waals surface area contributed by atoms with Gasteiger partial charge in [0.2, 0.25) is 11.8 Å². The van der Waals surface area contributed by atoms with Crippen molar-refractivity contribution in [1.82, 2.24) is 10.2 Å². The summed E-state index contributed by atoms with van der Waals surface area (Å²) in [6.45, 7) is 0.800. The van der Waals surface area contributed by atoms with Crippen LogP contribution in [0, 0.1) is 15.5 Å². The van der Waals surface area contributed by atoms with Crippen molar-refractivity contribution in [2.75, 3.05) is 18.0 Å². The van der Waals surface area contributed by atoms with Gasteiger partial charge in [-0.3, -0.25) is 29.9 Å². The van der Waals surface area contributed by atoms with Gasteiger partial charge in [-0.1, -0.05) is 30.3 Å². The van der Waals surface area contributed by atoms with Crippen molar-refractivity contribution in [2.24, 2.45) is 5.41 Å². The van der Waals surface area contributed by atoms with Crippen LogP contribution in [0.1, 0.15) is 24.0 Å². The second-order valence-corrected chi connectivity index (χ2v) is 8.52. The molecule has 2 atom stereocenters. The van der Waals surface area contributed by atoms with Crippen molar-refractivity contribution in [3.05, 3.63) is 69.8 Å². The Labute approximate surface area is 184 Å². The molecule has 2 fully saturated rings. The lowest BCUT2D eigenvalue weighted by molar-refractivity contribution is -0.384. The molecule has 2 aromatic carbocycles. The molecule has 0 saturated carbocycles. The molecular weight excluding hydrogens is 412 g/mol. The lowest BCUT2D eigenvalue weighted by atomic mass is 9.68. The van der Waals surface area contributed by atoms with Crippen LogP contribution < -0.4 is 10.2 Å². The normalized spacial score (nSPS) is 24.4. The predicted molar refractivity (Wildman–Crippen MR) is 115 cm³/mol. The van der Waals surface area contributed by atoms with Gasteiger partial charge >= 0.3 is 6.03 Å². The summed E-state index contributed by atoms with van der Waals surface area (Å²) in [5.41, 5.74) is 0.808. The van der Waals surface area contributed by atoms with E-state index in [1.54, 1.807) is 6.07 Å². The summed E-state index contributed by atoms with van der Waals surface area (Å²) in [4.78, 5) is 53.6. The number of carbonyl (C=O) groups excluding carboxylic acids is 3. The van der Waals surface area contributed by atoms with Crippen molar-refractivity contribution >= 4 is 29.2 Å². The first-order valence-corrected chi connectivity index (χ1v) is 10.7. The highest BCUT2D eigenvalue weighted by Gasteiger charge is 2.62. The molecule has 3 aliphatic heterocycles. The molecule has 3 aliphatic rings. The first-order chi connectivity index (χ1) is 15.4. The number of barbiturate groups is 1. The quantitative estimate of drug-likeness (QED) is 0.449. The summed E-state index contributed by atoms with van der Waals surface area (Å²) >= 11 is 0. The minimum Gasteiger partial charge on any atom is -0.367 e. The topological polar surface area (TPSA) is 113 Å². The Hall–Kier alpha value is -3.75. The minimum atomic E-state index is -1.48. The molecule has 32 heavy (non-hydrogen) atoms. The Morgan fingerprint density at radius 1 is 1.12 bits per heavy atom. The van der Waals surface area contributed by atoms with Gasteiger partial charge in [0, 0.05) is 37.3 Å². The molecule has 0 aromatic heterocycles. The van der Waals surface area contributed by atoms with Crippen molar-refractivity contribution in [1.29, 1.82) is 0 Å². The molecule has 2 saturated heterocycles. The van der Waals surface area contributed by atoms with E-state index in [0.29, 0.717) is 24.9 Å². The summed E-state index contributed by atoms with van der Waals surface area (Å²) in [5.74, 6) is -1.13. The van der Waals surface area contributed by atoms with E-state index in [2.05, 4.69) is 5.32 Å². The Balaban J connectivity index is 1.53. The maximum atomic E-state index is 13.8. The first kappa shape index (κ1) is 20.2. The number of hydrogen-bond acceptors (Lipinski definition) is 6. The number of nitrogens with zero attached hydrogens (tertiary/aromatic N) is 3. The second kappa shape index (κ2) is 7.44. The van der Waals surface area contributed by atoms with E-state index in [1.807, 2.05) is 35.2 Å². The van der Waals surface area contributed by atoms with Crippen molar-refractivity contribution in [3.63, 3.8) is 0 Å². The van der Waals surface area contributed by atoms with E-state index in [9.17, 15) is 24.5 Å². The minimum absolute atomic E-state index is 0.0327. The zero-order valence-corrected chi connectivity index (χ0v) is 17.3. The van der Waals surface area contributed by atoms with Crippen LogP contribution in [0.25, 0.3) is 0 Å². The SMILES string of the molecule is O=C1NC(=O)C2(Cc3cc([N+](=O)[O-])ccc3N3CCCC32)C(=O)N1CCc1ccccc1. The van der Waals surface area contributed by atoms with Crippen LogP contribution in [0.15, 0.2) is 48.5 Å². The number of carbonyl (C=O) groups is 3. The molecule has 0 aliphatic carbocycles. The number of nitro groups is 1. The maximum absolute atomic E-state index is 13.8. The third-order valence-electron chi connectivity index (χ3n) is 6.84. The van der Waals surface area contributed by atoms with Crippen LogP contribution in [0.2, 0.25) is 0 Å². The lowest BCUT2D eigenvalue weighted by Gasteiger charge is -2.49. The third kappa shape index (κ3) is 2.96. The lowest BCUT2D eigenvalue weighted by Crippen LogP contribution is -2.71. The molecule has 4 amide bonds. The van der Waals surface area contributed by atoms with Gasteiger partial charge in [-0.25, -0.2) is 4.79 Å². The van der Waals surface area contributed by atoms with Gasteiger partial charge in [-0.2, -0.15) is 0 Å². The number of amides is 4. The van der Waals surface area contributed by atoms with Gasteiger partial charge in [-0.15, -0.1) is 0 Å². The summed E-state index contributed by atoms with van der Waals surface area (Å²) < 4.78 is 0. The Morgan fingerprint density at radius 3 is 2.66 bits per heavy atom. The number of urea groups is 1. The molecule has 1 spiro atoms. The van der Waals surface area contributed by atoms with E-state index in [-0.39, 0.29) is 18.7 Å². The molecule has 3 heterocycles. The molecule has 2 unspecified atom stereocenters. The summed E-state index contributed by atoms with van der Waals surface area (Å²) in [6.07, 6.45) is 1.93. The number of fused-ring (bicyclic) bond motifs is 4. The highest BCUT2D eigenvalue weighted by Crippen LogP contribution is 2.48. The monoisotopic (exact) mass is 434 g/mol. The standard InChI is InChI=1S/C23H22N4O5/c28-20-23(21(29)26(22(30)24-20)12-10-15-5-2-1-3-6-15)14-16-13-17(27(31)32)8-9-18(16)25-11-4-7-19(23)25/h1-3,5-6,8-9,13,19H,4,7,10-12,14H2,(H,24,28,30). The van der Waals surface area contributed by atoms with Crippen LogP contribution in [0.3, 0.4) is 0 Å². The van der Waals surface area contributed by atoms with Crippen molar-refractivity contribution in [2.45, 2.75) is 31.7 Å². The molecule has 2 aromatic rings. The predicted octanol–water partition coefficient (Wildman–Crippen LogP) is 2.43. The first-order valence-electron chi connectivity index (χ1n) is 10.7. The number of rotatable bonds is 4. The van der Waals surface area contributed by atoms with Gasteiger partial charge in [0.05, 0.1) is 11.0 Å². The van der Waals surface area contributed by atoms with E-state index in [4.69, 9.17) is 0 Å². The maximum Gasteiger partial charge on any atom is 0.330 e. The summed E-state index contributed by atoms with van der Waals surface area (Å²) in [7, 11) is 0. The molecule has 9 nitrogen and oxygen atoms in total. The third-order valence-corrected chi connectivity index (χ3v) is 6.84. The second-order valence-electron chi connectivity index (χ2n) is 8.52. The number of imide groups is 2. The average Bonchev–Trinajstić information content (AvgIpc) is 3.28. The van der Waals surface area contributed by atoms with Gasteiger partial charge in [-0.05, 0) is 36.5 Å². The fourth-order valence-electron chi connectivity index (χ4n) is 5.34. The molecule has 1 N–H and O–H groups in total. The molecular formula is C23H22N4O5. The van der Waals surface area contributed by atoms with Crippen LogP contribution in [-0.4, -0.2) is 46.8 Å². The van der Waals surface area contributed by atoms with E-state index in [1.165, 1.54) is 12.1 Å². The summed E-state index contributed by atoms with van der Waals surface area (Å²) in [5, 5.41) is 13.7. The van der Waals surface area contributed by atoms with E-state index < -0.39 is 34.2 Å². The van der Waals surface area contributed by atoms with Gasteiger partial charge in [0.15, 0.2) is 5.41 Å². The number of nitrogens with one attached hydrogen (secondary N) is 1. The fourth-order valence-corrected chi connectivity index (χ4v) is 5.34. The Bertz CT molecular complexity index is 1130. The number of non-ortho nitro benzene ring substituents is 1.